The molecule has 0 saturated carbocycles. The number of ether oxygens (including phenoxy) is 1. The van der Waals surface area contributed by atoms with Gasteiger partial charge in [0.1, 0.15) is 5.82 Å². The third-order valence-corrected chi connectivity index (χ3v) is 23.1. The first-order chi connectivity index (χ1) is 61.6. The Morgan fingerprint density at radius 2 is 0.980 bits per heavy atom. The molecule has 0 N–H and O–H groups in total. The van der Waals surface area contributed by atoms with E-state index in [0.717, 1.165) is 20.7 Å². The zero-order valence-electron chi connectivity index (χ0n) is 83.3. The standard InChI is InChI=1S/C95H68N4OSi.Pt/c1-64-53-92(96-62-88(64)67-33-15-7-16-34-67)99-89-52-50-78(101(75-37-17-8-18-38-75,76-39-19-9-20-40-76)77-41-21-10-22-42-77)61-86(89)83-51-49-74(60-91(83)99)100-73-36-27-35-72(59-73)97-63-98-93-85(70-55-68(65-29-11-5-12-30-65)54-69(56-70)66-31-13-6-14-32-66)57-71(95(2,3)4)58-87(93)82-46-26-24-44-80(82)79-43-23-25-45-81(79)84-47-28-48-90(97)94(84)98;/h5-58,61-62H,1-4H3;/q-2;/i1D3,5D,6D,7D,11D,12D,13D,14D,15D,16D,23D,24D,25D,26D,29D,30D,31D,32D,33D,34D,43D,44D,45D,46D,54D,55D,56D;. The zero-order valence-corrected chi connectivity index (χ0v) is 57.6. The van der Waals surface area contributed by atoms with Gasteiger partial charge in [0.05, 0.1) is 52.4 Å². The molecule has 14 aromatic carbocycles. The minimum absolute atomic E-state index is 0. The SMILES string of the molecule is [2H]c1c([2H])c([2H])c(-c2cnc(-n3c4[c-]c(Oc5[c-]c(-n6[c-][n+]7c8c(cccc86)-c6c([2H])c([2H])c([2H])c([2H])c6-c6c([2H])c([2H])c([2H])c([2H])c6-c6cc(C(C)(C)C)cc(-c8c([2H])c(-c9c([2H])c([2H])c([2H])c([2H])c9[2H])c([2H])c(-c9c([2H])c([2H])c([2H])c([2H])c9[2H])c8[2H])c6-7)ccc5)ccc4c4cc([Si](c5ccccc5)(c5ccccc5)c5ccccc5)ccc43)cc2C([2H])([2H])[2H])c([2H])c1[2H].[Pt]. The van der Waals surface area contributed by atoms with Gasteiger partial charge in [-0.05, 0) is 158 Å². The van der Waals surface area contributed by atoms with Gasteiger partial charge in [-0.1, -0.05) is 299 Å². The normalized spacial score (nSPS) is 16.0. The molecule has 3 aromatic heterocycles. The molecule has 0 bridgehead atoms. The molecule has 4 heterocycles. The van der Waals surface area contributed by atoms with Gasteiger partial charge in [0.15, 0.2) is 8.07 Å². The van der Waals surface area contributed by atoms with Crippen LogP contribution >= 0.6 is 0 Å². The Morgan fingerprint density at radius 3 is 1.58 bits per heavy atom. The Morgan fingerprint density at radius 1 is 0.441 bits per heavy atom. The molecule has 5 nitrogen and oxygen atoms in total. The van der Waals surface area contributed by atoms with Crippen molar-refractivity contribution < 1.29 is 70.1 Å². The first-order valence-corrected chi connectivity index (χ1v) is 34.3. The third-order valence-electron chi connectivity index (χ3n) is 18.4. The van der Waals surface area contributed by atoms with Crippen molar-refractivity contribution in [3.8, 4) is 107 Å². The molecule has 17 aromatic rings. The number of aromatic nitrogens is 4. The van der Waals surface area contributed by atoms with Gasteiger partial charge in [0, 0.05) is 54.0 Å². The quantitative estimate of drug-likeness (QED) is 0.0529. The first-order valence-electron chi connectivity index (χ1n) is 46.8. The van der Waals surface area contributed by atoms with E-state index in [1.54, 1.807) is 67.8 Å². The van der Waals surface area contributed by atoms with Crippen molar-refractivity contribution in [3.63, 3.8) is 0 Å². The smallest absolute Gasteiger partial charge is 0.268 e. The van der Waals surface area contributed by atoms with Gasteiger partial charge in [-0.3, -0.25) is 4.57 Å². The van der Waals surface area contributed by atoms with Crippen molar-refractivity contribution in [2.75, 3.05) is 0 Å². The minimum Gasteiger partial charge on any atom is -0.510 e. The van der Waals surface area contributed by atoms with Crippen LogP contribution in [0.15, 0.2) is 339 Å². The Labute approximate surface area is 651 Å². The van der Waals surface area contributed by atoms with E-state index in [2.05, 4.69) is 60.9 Å². The third kappa shape index (κ3) is 11.0. The Bertz CT molecular complexity index is 7530. The molecule has 490 valence electrons. The monoisotopic (exact) mass is 1530 g/mol. The summed E-state index contributed by atoms with van der Waals surface area (Å²) in [7, 11) is -3.30. The molecule has 7 heteroatoms. The number of benzene rings is 14. The van der Waals surface area contributed by atoms with E-state index in [4.69, 9.17) is 28.9 Å². The van der Waals surface area contributed by atoms with E-state index >= 15 is 0 Å². The van der Waals surface area contributed by atoms with E-state index in [1.165, 1.54) is 33.5 Å². The molecule has 0 spiro atoms. The fraction of sp³-hybridized carbons (Fsp3) is 0.0526. The number of hydrogen-bond donors (Lipinski definition) is 0. The van der Waals surface area contributed by atoms with Crippen molar-refractivity contribution in [1.82, 2.24) is 14.1 Å². The maximum Gasteiger partial charge on any atom is 0.268 e. The van der Waals surface area contributed by atoms with Crippen molar-refractivity contribution in [1.29, 1.82) is 0 Å². The molecular weight excluding hydrogens is 1440 g/mol. The van der Waals surface area contributed by atoms with Crippen molar-refractivity contribution in [2.24, 2.45) is 0 Å². The van der Waals surface area contributed by atoms with Gasteiger partial charge in [-0.25, -0.2) is 4.98 Å². The van der Waals surface area contributed by atoms with E-state index in [-0.39, 0.29) is 99.7 Å². The van der Waals surface area contributed by atoms with Crippen LogP contribution in [0.5, 0.6) is 11.5 Å². The van der Waals surface area contributed by atoms with Crippen LogP contribution in [0.2, 0.25) is 0 Å². The Kier molecular flexibility index (Phi) is 10.0. The molecular formula is C95H68N4OPtSi-2. The maximum atomic E-state index is 10.7. The first kappa shape index (κ1) is 39.3. The molecule has 0 radical (unpaired) electrons. The van der Waals surface area contributed by atoms with Crippen LogP contribution < -0.4 is 30.1 Å². The molecule has 1 aliphatic rings. The predicted octanol–water partition coefficient (Wildman–Crippen LogP) is 20.6. The van der Waals surface area contributed by atoms with Crippen LogP contribution in [-0.2, 0) is 26.5 Å². The maximum absolute atomic E-state index is 10.7. The number of rotatable bonds is 12. The molecule has 0 amide bonds. The summed E-state index contributed by atoms with van der Waals surface area (Å²) < 4.78 is 282. The predicted molar refractivity (Wildman–Crippen MR) is 419 cm³/mol. The molecule has 0 atom stereocenters. The van der Waals surface area contributed by atoms with Crippen LogP contribution in [0.25, 0.3) is 128 Å². The second-order valence-corrected chi connectivity index (χ2v) is 29.0. The summed E-state index contributed by atoms with van der Waals surface area (Å²) in [5, 5.41) is 5.38. The fourth-order valence-corrected chi connectivity index (χ4v) is 18.6. The zero-order chi connectivity index (χ0) is 92.9. The van der Waals surface area contributed by atoms with Crippen LogP contribution in [-0.4, -0.2) is 22.2 Å². The average Bonchev–Trinajstić information content (AvgIpc) is 1.66. The summed E-state index contributed by atoms with van der Waals surface area (Å²) in [4.78, 5) is 4.90. The second-order valence-electron chi connectivity index (χ2n) is 25.2. The van der Waals surface area contributed by atoms with Crippen molar-refractivity contribution in [2.45, 2.75) is 33.0 Å². The van der Waals surface area contributed by atoms with Gasteiger partial charge in [-0.2, -0.15) is 18.2 Å². The average molecular weight is 1530 g/mol. The van der Waals surface area contributed by atoms with E-state index in [1.807, 2.05) is 72.8 Å². The van der Waals surface area contributed by atoms with Crippen LogP contribution in [0.1, 0.15) is 71.7 Å². The topological polar surface area (TPSA) is 35.9 Å². The van der Waals surface area contributed by atoms with Crippen LogP contribution in [0.3, 0.4) is 0 Å². The number of hydrogen-bond acceptors (Lipinski definition) is 2. The number of para-hydroxylation sites is 1. The second kappa shape index (κ2) is 26.1. The van der Waals surface area contributed by atoms with E-state index in [9.17, 15) is 20.6 Å². The summed E-state index contributed by atoms with van der Waals surface area (Å²) >= 11 is 0. The number of nitrogens with zero attached hydrogens (tertiary/aromatic N) is 4. The Hall–Kier alpha value is -11.8. The van der Waals surface area contributed by atoms with Crippen LogP contribution in [0, 0.1) is 25.3 Å². The minimum atomic E-state index is -3.30. The summed E-state index contributed by atoms with van der Waals surface area (Å²) in [6, 6.07) is 39.6. The Balaban J connectivity index is 0.0000120. The van der Waals surface area contributed by atoms with E-state index < -0.39 is 228 Å². The molecule has 0 aliphatic carbocycles. The molecule has 102 heavy (non-hydrogen) atoms. The van der Waals surface area contributed by atoms with Gasteiger partial charge in [-0.15, -0.1) is 29.7 Å². The van der Waals surface area contributed by atoms with Gasteiger partial charge < -0.3 is 13.9 Å². The van der Waals surface area contributed by atoms with Crippen molar-refractivity contribution >= 4 is 61.7 Å². The summed E-state index contributed by atoms with van der Waals surface area (Å²) in [5.74, 6) is 0.0680. The fourth-order valence-electron chi connectivity index (χ4n) is 13.8. The van der Waals surface area contributed by atoms with Gasteiger partial charge in [0.25, 0.3) is 6.33 Å². The number of pyridine rings is 1. The summed E-state index contributed by atoms with van der Waals surface area (Å²) in [6.07, 6.45) is 4.64. The summed E-state index contributed by atoms with van der Waals surface area (Å²) in [6.45, 7) is 2.33. The van der Waals surface area contributed by atoms with E-state index in [0.29, 0.717) is 21.8 Å². The molecule has 0 fully saturated rings. The molecule has 0 saturated heterocycles. The largest absolute Gasteiger partial charge is 0.510 e. The number of fused-ring (bicyclic) bond motifs is 10. The van der Waals surface area contributed by atoms with Crippen molar-refractivity contribution in [3.05, 3.63) is 369 Å². The molecule has 18 rings (SSSR count). The van der Waals surface area contributed by atoms with Gasteiger partial charge in [0.2, 0.25) is 0 Å². The number of imidazole rings is 1. The van der Waals surface area contributed by atoms with Crippen LogP contribution in [0.4, 0.5) is 0 Å². The molecule has 0 unspecified atom stereocenters. The number of aryl methyl sites for hydroxylation is 1. The van der Waals surface area contributed by atoms with Gasteiger partial charge >= 0.3 is 0 Å². The molecule has 1 aliphatic heterocycles. The summed E-state index contributed by atoms with van der Waals surface area (Å²) in [5.41, 5.74) is -6.63.